The number of nitrogens with two attached hydrogens (primary N) is 1. The van der Waals surface area contributed by atoms with E-state index in [4.69, 9.17) is 5.73 Å². The first-order chi connectivity index (χ1) is 9.74. The molecular formula is C16H23N3O. The zero-order valence-electron chi connectivity index (χ0n) is 11.9. The van der Waals surface area contributed by atoms with Gasteiger partial charge in [0.15, 0.2) is 0 Å². The van der Waals surface area contributed by atoms with Crippen molar-refractivity contribution in [3.8, 4) is 0 Å². The van der Waals surface area contributed by atoms with Crippen LogP contribution >= 0.6 is 0 Å². The molecule has 1 aromatic rings. The fourth-order valence-electron chi connectivity index (χ4n) is 3.38. The molecule has 2 aliphatic heterocycles. The highest BCUT2D eigenvalue weighted by molar-refractivity contribution is 5.82. The van der Waals surface area contributed by atoms with Gasteiger partial charge in [-0.1, -0.05) is 30.3 Å². The number of rotatable bonds is 3. The Bertz CT molecular complexity index is 462. The first-order valence-corrected chi connectivity index (χ1v) is 7.56. The van der Waals surface area contributed by atoms with Crippen LogP contribution in [0, 0.1) is 0 Å². The normalized spacial score (nSPS) is 24.4. The second kappa shape index (κ2) is 5.94. The zero-order chi connectivity index (χ0) is 13.9. The Morgan fingerprint density at radius 3 is 2.85 bits per heavy atom. The summed E-state index contributed by atoms with van der Waals surface area (Å²) in [6.07, 6.45) is 3.12. The molecule has 0 spiro atoms. The second-order valence-electron chi connectivity index (χ2n) is 5.91. The van der Waals surface area contributed by atoms with Gasteiger partial charge in [0.1, 0.15) is 0 Å². The maximum Gasteiger partial charge on any atom is 0.239 e. The Morgan fingerprint density at radius 1 is 1.25 bits per heavy atom. The highest BCUT2D eigenvalue weighted by atomic mass is 16.2. The molecule has 4 nitrogen and oxygen atoms in total. The third-order valence-corrected chi connectivity index (χ3v) is 4.51. The van der Waals surface area contributed by atoms with Gasteiger partial charge < -0.3 is 10.6 Å². The molecular weight excluding hydrogens is 250 g/mol. The Balaban J connectivity index is 1.58. The molecule has 0 aliphatic carbocycles. The molecule has 2 fully saturated rings. The lowest BCUT2D eigenvalue weighted by Crippen LogP contribution is -2.56. The molecule has 0 radical (unpaired) electrons. The summed E-state index contributed by atoms with van der Waals surface area (Å²) in [5.74, 6) is 0.111. The summed E-state index contributed by atoms with van der Waals surface area (Å²) in [5.41, 5.74) is 7.24. The molecule has 0 bridgehead atoms. The van der Waals surface area contributed by atoms with E-state index in [1.165, 1.54) is 19.4 Å². The van der Waals surface area contributed by atoms with E-state index in [9.17, 15) is 4.79 Å². The van der Waals surface area contributed by atoms with Crippen LogP contribution in [0.4, 0.5) is 0 Å². The quantitative estimate of drug-likeness (QED) is 0.889. The molecule has 2 heterocycles. The molecule has 20 heavy (non-hydrogen) atoms. The molecule has 2 aliphatic rings. The maximum absolute atomic E-state index is 12.5. The smallest absolute Gasteiger partial charge is 0.239 e. The van der Waals surface area contributed by atoms with Crippen LogP contribution in [0.25, 0.3) is 0 Å². The van der Waals surface area contributed by atoms with Crippen LogP contribution in [0.1, 0.15) is 18.4 Å². The molecule has 2 saturated heterocycles. The van der Waals surface area contributed by atoms with E-state index in [2.05, 4.69) is 4.90 Å². The number of nitrogens with zero attached hydrogens (tertiary/aromatic N) is 2. The zero-order valence-corrected chi connectivity index (χ0v) is 11.9. The molecule has 0 aromatic heterocycles. The van der Waals surface area contributed by atoms with E-state index in [0.717, 1.165) is 25.2 Å². The summed E-state index contributed by atoms with van der Waals surface area (Å²) in [6.45, 7) is 3.90. The monoisotopic (exact) mass is 273 g/mol. The van der Waals surface area contributed by atoms with Gasteiger partial charge in [0.05, 0.1) is 6.04 Å². The van der Waals surface area contributed by atoms with Gasteiger partial charge in [-0.2, -0.15) is 0 Å². The Labute approximate surface area is 120 Å². The molecule has 2 N–H and O–H groups in total. The maximum atomic E-state index is 12.5. The minimum Gasteiger partial charge on any atom is -0.338 e. The van der Waals surface area contributed by atoms with Crippen molar-refractivity contribution in [3.05, 3.63) is 35.9 Å². The van der Waals surface area contributed by atoms with E-state index in [1.54, 1.807) is 0 Å². The second-order valence-corrected chi connectivity index (χ2v) is 5.91. The average molecular weight is 273 g/mol. The van der Waals surface area contributed by atoms with Crippen LogP contribution in [0.5, 0.6) is 0 Å². The number of hydrogen-bond acceptors (Lipinski definition) is 3. The van der Waals surface area contributed by atoms with Gasteiger partial charge in [-0.3, -0.25) is 9.69 Å². The van der Waals surface area contributed by atoms with E-state index >= 15 is 0 Å². The van der Waals surface area contributed by atoms with Crippen LogP contribution in [-0.4, -0.2) is 54.0 Å². The number of benzene rings is 1. The van der Waals surface area contributed by atoms with E-state index in [-0.39, 0.29) is 5.91 Å². The van der Waals surface area contributed by atoms with Crippen LogP contribution in [0.15, 0.2) is 30.3 Å². The summed E-state index contributed by atoms with van der Waals surface area (Å²) in [4.78, 5) is 17.0. The lowest BCUT2D eigenvalue weighted by atomic mass is 10.0. The van der Waals surface area contributed by atoms with Crippen LogP contribution in [-0.2, 0) is 11.2 Å². The SMILES string of the molecule is NC(Cc1ccccc1)C(=O)N1CCN2CCCC2C1. The fraction of sp³-hybridized carbons (Fsp3) is 0.562. The fourth-order valence-corrected chi connectivity index (χ4v) is 3.38. The van der Waals surface area contributed by atoms with Crippen molar-refractivity contribution in [2.75, 3.05) is 26.2 Å². The van der Waals surface area contributed by atoms with Crippen LogP contribution in [0.2, 0.25) is 0 Å². The summed E-state index contributed by atoms with van der Waals surface area (Å²) in [6, 6.07) is 10.2. The highest BCUT2D eigenvalue weighted by Gasteiger charge is 2.33. The van der Waals surface area contributed by atoms with Gasteiger partial charge in [-0.25, -0.2) is 0 Å². The van der Waals surface area contributed by atoms with Gasteiger partial charge in [-0.05, 0) is 31.4 Å². The van der Waals surface area contributed by atoms with Crippen molar-refractivity contribution >= 4 is 5.91 Å². The lowest BCUT2D eigenvalue weighted by molar-refractivity contribution is -0.135. The summed E-state index contributed by atoms with van der Waals surface area (Å²) in [7, 11) is 0. The number of carbonyl (C=O) groups excluding carboxylic acids is 1. The first-order valence-electron chi connectivity index (χ1n) is 7.56. The molecule has 0 saturated carbocycles. The van der Waals surface area contributed by atoms with E-state index in [1.807, 2.05) is 35.2 Å². The molecule has 108 valence electrons. The Kier molecular flexibility index (Phi) is 4.03. The summed E-state index contributed by atoms with van der Waals surface area (Å²) < 4.78 is 0. The van der Waals surface area contributed by atoms with Gasteiger partial charge in [-0.15, -0.1) is 0 Å². The minimum absolute atomic E-state index is 0.111. The van der Waals surface area contributed by atoms with Crippen molar-refractivity contribution in [1.29, 1.82) is 0 Å². The van der Waals surface area contributed by atoms with Crippen molar-refractivity contribution < 1.29 is 4.79 Å². The first kappa shape index (κ1) is 13.6. The topological polar surface area (TPSA) is 49.6 Å². The Hall–Kier alpha value is -1.39. The van der Waals surface area contributed by atoms with Crippen LogP contribution in [0.3, 0.4) is 0 Å². The van der Waals surface area contributed by atoms with Crippen molar-refractivity contribution in [1.82, 2.24) is 9.80 Å². The summed E-state index contributed by atoms with van der Waals surface area (Å²) in [5, 5.41) is 0. The van der Waals surface area contributed by atoms with Gasteiger partial charge in [0.25, 0.3) is 0 Å². The number of amides is 1. The predicted octanol–water partition coefficient (Wildman–Crippen LogP) is 0.863. The van der Waals surface area contributed by atoms with Crippen molar-refractivity contribution in [3.63, 3.8) is 0 Å². The lowest BCUT2D eigenvalue weighted by Gasteiger charge is -2.38. The van der Waals surface area contributed by atoms with Gasteiger partial charge >= 0.3 is 0 Å². The highest BCUT2D eigenvalue weighted by Crippen LogP contribution is 2.21. The number of carbonyl (C=O) groups is 1. The van der Waals surface area contributed by atoms with Gasteiger partial charge in [0.2, 0.25) is 5.91 Å². The van der Waals surface area contributed by atoms with Gasteiger partial charge in [0, 0.05) is 25.7 Å². The largest absolute Gasteiger partial charge is 0.338 e. The average Bonchev–Trinajstić information content (AvgIpc) is 2.94. The minimum atomic E-state index is -0.412. The Morgan fingerprint density at radius 2 is 2.05 bits per heavy atom. The molecule has 1 amide bonds. The number of hydrogen-bond donors (Lipinski definition) is 1. The third kappa shape index (κ3) is 2.86. The van der Waals surface area contributed by atoms with E-state index in [0.29, 0.717) is 12.5 Å². The number of fused-ring (bicyclic) bond motifs is 1. The molecule has 3 rings (SSSR count). The number of piperazine rings is 1. The van der Waals surface area contributed by atoms with E-state index < -0.39 is 6.04 Å². The summed E-state index contributed by atoms with van der Waals surface area (Å²) >= 11 is 0. The molecule has 2 atom stereocenters. The third-order valence-electron chi connectivity index (χ3n) is 4.51. The molecule has 2 unspecified atom stereocenters. The molecule has 1 aromatic carbocycles. The molecule has 4 heteroatoms. The van der Waals surface area contributed by atoms with Crippen LogP contribution < -0.4 is 5.73 Å². The standard InChI is InChI=1S/C16H23N3O/c17-15(11-13-5-2-1-3-6-13)16(20)19-10-9-18-8-4-7-14(18)12-19/h1-3,5-6,14-15H,4,7-12,17H2. The van der Waals surface area contributed by atoms with Crippen molar-refractivity contribution in [2.45, 2.75) is 31.3 Å². The van der Waals surface area contributed by atoms with Crippen molar-refractivity contribution in [2.24, 2.45) is 5.73 Å². The predicted molar refractivity (Wildman–Crippen MR) is 79.3 cm³/mol.